The standard InChI is InChI=1S/C16H20N4OS2/c1-10-5-7-19(8-6-10)13(12-4-3-9-22-12)14-15(21)20-16(23-14)17-11(2)18-20/h3-4,9-10,13,21H,5-8H2,1-2H3. The number of rotatable bonds is 3. The summed E-state index contributed by atoms with van der Waals surface area (Å²) in [6, 6.07) is 4.35. The Morgan fingerprint density at radius 3 is 2.78 bits per heavy atom. The summed E-state index contributed by atoms with van der Waals surface area (Å²) >= 11 is 3.30. The second-order valence-corrected chi connectivity index (χ2v) is 8.27. The molecule has 0 saturated carbocycles. The topological polar surface area (TPSA) is 53.7 Å². The molecule has 0 aliphatic carbocycles. The maximum atomic E-state index is 10.7. The Labute approximate surface area is 143 Å². The minimum Gasteiger partial charge on any atom is -0.492 e. The summed E-state index contributed by atoms with van der Waals surface area (Å²) in [6.45, 7) is 6.30. The maximum Gasteiger partial charge on any atom is 0.230 e. The van der Waals surface area contributed by atoms with Gasteiger partial charge in [-0.25, -0.2) is 4.98 Å². The van der Waals surface area contributed by atoms with Crippen molar-refractivity contribution < 1.29 is 5.11 Å². The Bertz CT molecular complexity index is 800. The Morgan fingerprint density at radius 1 is 1.35 bits per heavy atom. The summed E-state index contributed by atoms with van der Waals surface area (Å²) in [5.74, 6) is 1.72. The highest BCUT2D eigenvalue weighted by Crippen LogP contribution is 2.42. The number of likely N-dealkylation sites (tertiary alicyclic amines) is 1. The molecule has 122 valence electrons. The van der Waals surface area contributed by atoms with Gasteiger partial charge in [-0.2, -0.15) is 4.52 Å². The summed E-state index contributed by atoms with van der Waals surface area (Å²) in [6.07, 6.45) is 2.42. The van der Waals surface area contributed by atoms with E-state index in [1.165, 1.54) is 17.7 Å². The molecule has 3 aromatic rings. The predicted octanol–water partition coefficient (Wildman–Crippen LogP) is 3.69. The van der Waals surface area contributed by atoms with Gasteiger partial charge in [-0.15, -0.1) is 16.4 Å². The van der Waals surface area contributed by atoms with Gasteiger partial charge in [0, 0.05) is 4.88 Å². The average Bonchev–Trinajstić information content (AvgIpc) is 3.22. The average molecular weight is 348 g/mol. The molecule has 23 heavy (non-hydrogen) atoms. The zero-order chi connectivity index (χ0) is 16.0. The number of aromatic hydroxyl groups is 1. The summed E-state index contributed by atoms with van der Waals surface area (Å²) in [5.41, 5.74) is 0. The number of fused-ring (bicyclic) bond motifs is 1. The van der Waals surface area contributed by atoms with Gasteiger partial charge in [0.15, 0.2) is 0 Å². The monoisotopic (exact) mass is 348 g/mol. The molecule has 4 rings (SSSR count). The Kier molecular flexibility index (Phi) is 3.87. The second-order valence-electron chi connectivity index (χ2n) is 6.28. The number of thiazole rings is 1. The van der Waals surface area contributed by atoms with Crippen LogP contribution in [-0.2, 0) is 0 Å². The number of aryl methyl sites for hydroxylation is 1. The molecule has 1 aliphatic heterocycles. The SMILES string of the molecule is Cc1nc2sc(C(c3cccs3)N3CCC(C)CC3)c(O)n2n1. The molecule has 0 radical (unpaired) electrons. The Hall–Kier alpha value is -1.44. The third kappa shape index (κ3) is 2.66. The lowest BCUT2D eigenvalue weighted by Crippen LogP contribution is -2.36. The maximum absolute atomic E-state index is 10.7. The van der Waals surface area contributed by atoms with Crippen LogP contribution < -0.4 is 0 Å². The first-order chi connectivity index (χ1) is 11.1. The van der Waals surface area contributed by atoms with Crippen molar-refractivity contribution in [2.45, 2.75) is 32.7 Å². The van der Waals surface area contributed by atoms with Crippen LogP contribution in [0.25, 0.3) is 4.96 Å². The van der Waals surface area contributed by atoms with Crippen molar-refractivity contribution in [1.29, 1.82) is 0 Å². The quantitative estimate of drug-likeness (QED) is 0.784. The minimum atomic E-state index is 0.108. The van der Waals surface area contributed by atoms with Gasteiger partial charge in [0.1, 0.15) is 5.82 Å². The van der Waals surface area contributed by atoms with E-state index in [4.69, 9.17) is 0 Å². The second kappa shape index (κ2) is 5.89. The Balaban J connectivity index is 1.77. The van der Waals surface area contributed by atoms with Crippen molar-refractivity contribution in [3.63, 3.8) is 0 Å². The fourth-order valence-electron chi connectivity index (χ4n) is 3.23. The fourth-order valence-corrected chi connectivity index (χ4v) is 5.33. The van der Waals surface area contributed by atoms with Gasteiger partial charge in [-0.3, -0.25) is 4.90 Å². The van der Waals surface area contributed by atoms with Crippen LogP contribution in [-0.4, -0.2) is 37.7 Å². The van der Waals surface area contributed by atoms with Crippen LogP contribution in [0.1, 0.15) is 41.4 Å². The van der Waals surface area contributed by atoms with Gasteiger partial charge in [-0.1, -0.05) is 24.3 Å². The number of piperidine rings is 1. The first-order valence-corrected chi connectivity index (χ1v) is 9.65. The summed E-state index contributed by atoms with van der Waals surface area (Å²) < 4.78 is 1.57. The summed E-state index contributed by atoms with van der Waals surface area (Å²) in [4.78, 5) is 9.90. The van der Waals surface area contributed by atoms with Crippen LogP contribution in [0.2, 0.25) is 0 Å². The van der Waals surface area contributed by atoms with E-state index < -0.39 is 0 Å². The van der Waals surface area contributed by atoms with Gasteiger partial charge in [0.05, 0.1) is 10.9 Å². The molecule has 1 unspecified atom stereocenters. The highest BCUT2D eigenvalue weighted by atomic mass is 32.1. The van der Waals surface area contributed by atoms with Crippen molar-refractivity contribution in [3.8, 4) is 5.88 Å². The van der Waals surface area contributed by atoms with Gasteiger partial charge in [-0.05, 0) is 50.2 Å². The van der Waals surface area contributed by atoms with E-state index in [2.05, 4.69) is 39.4 Å². The number of aromatic nitrogens is 3. The number of thiophene rings is 1. The molecule has 3 aromatic heterocycles. The van der Waals surface area contributed by atoms with E-state index in [0.717, 1.165) is 28.8 Å². The van der Waals surface area contributed by atoms with Gasteiger partial charge in [0.25, 0.3) is 0 Å². The van der Waals surface area contributed by atoms with E-state index in [1.54, 1.807) is 27.2 Å². The Morgan fingerprint density at radius 2 is 2.13 bits per heavy atom. The molecule has 1 N–H and O–H groups in total. The molecule has 1 fully saturated rings. The van der Waals surface area contributed by atoms with Gasteiger partial charge >= 0.3 is 0 Å². The van der Waals surface area contributed by atoms with Crippen molar-refractivity contribution in [3.05, 3.63) is 33.1 Å². The smallest absolute Gasteiger partial charge is 0.230 e. The number of hydrogen-bond acceptors (Lipinski definition) is 6. The van der Waals surface area contributed by atoms with Crippen LogP contribution in [0.15, 0.2) is 17.5 Å². The van der Waals surface area contributed by atoms with E-state index in [0.29, 0.717) is 5.82 Å². The molecule has 7 heteroatoms. The highest BCUT2D eigenvalue weighted by Gasteiger charge is 2.31. The lowest BCUT2D eigenvalue weighted by molar-refractivity contribution is 0.159. The van der Waals surface area contributed by atoms with Crippen LogP contribution >= 0.6 is 22.7 Å². The van der Waals surface area contributed by atoms with Crippen LogP contribution in [0.3, 0.4) is 0 Å². The first kappa shape index (κ1) is 15.1. The first-order valence-electron chi connectivity index (χ1n) is 7.96. The third-order valence-corrected chi connectivity index (χ3v) is 6.55. The largest absolute Gasteiger partial charge is 0.492 e. The van der Waals surface area contributed by atoms with Gasteiger partial charge < -0.3 is 5.11 Å². The van der Waals surface area contributed by atoms with Crippen molar-refractivity contribution in [2.75, 3.05) is 13.1 Å². The molecular weight excluding hydrogens is 328 g/mol. The molecule has 0 bridgehead atoms. The molecule has 0 spiro atoms. The lowest BCUT2D eigenvalue weighted by Gasteiger charge is -2.35. The van der Waals surface area contributed by atoms with E-state index >= 15 is 0 Å². The minimum absolute atomic E-state index is 0.108. The summed E-state index contributed by atoms with van der Waals surface area (Å²) in [5, 5.41) is 17.1. The molecule has 1 saturated heterocycles. The van der Waals surface area contributed by atoms with Crippen LogP contribution in [0, 0.1) is 12.8 Å². The molecular formula is C16H20N4OS2. The van der Waals surface area contributed by atoms with E-state index in [-0.39, 0.29) is 11.9 Å². The molecule has 0 amide bonds. The molecule has 0 aromatic carbocycles. The molecule has 1 aliphatic rings. The summed E-state index contributed by atoms with van der Waals surface area (Å²) in [7, 11) is 0. The van der Waals surface area contributed by atoms with E-state index in [9.17, 15) is 5.11 Å². The van der Waals surface area contributed by atoms with E-state index in [1.807, 2.05) is 6.92 Å². The molecule has 4 heterocycles. The van der Waals surface area contributed by atoms with Crippen LogP contribution in [0.4, 0.5) is 0 Å². The van der Waals surface area contributed by atoms with Crippen LogP contribution in [0.5, 0.6) is 5.88 Å². The fraction of sp³-hybridized carbons (Fsp3) is 0.500. The number of hydrogen-bond donors (Lipinski definition) is 1. The van der Waals surface area contributed by atoms with Gasteiger partial charge in [0.2, 0.25) is 10.8 Å². The lowest BCUT2D eigenvalue weighted by atomic mass is 9.97. The number of nitrogens with zero attached hydrogens (tertiary/aromatic N) is 4. The third-order valence-electron chi connectivity index (χ3n) is 4.55. The zero-order valence-corrected chi connectivity index (χ0v) is 14.9. The van der Waals surface area contributed by atoms with Crippen molar-refractivity contribution >= 4 is 27.6 Å². The normalized spacial score (nSPS) is 18.7. The van der Waals surface area contributed by atoms with Crippen molar-refractivity contribution in [2.24, 2.45) is 5.92 Å². The van der Waals surface area contributed by atoms with Crippen molar-refractivity contribution in [1.82, 2.24) is 19.5 Å². The highest BCUT2D eigenvalue weighted by molar-refractivity contribution is 7.17. The zero-order valence-electron chi connectivity index (χ0n) is 13.3. The molecule has 1 atom stereocenters. The predicted molar refractivity (Wildman–Crippen MR) is 93.4 cm³/mol. The molecule has 5 nitrogen and oxygen atoms in total.